The summed E-state index contributed by atoms with van der Waals surface area (Å²) in [5, 5.41) is 0. The molecular weight excluding hydrogens is 456 g/mol. The third kappa shape index (κ3) is 4.34. The van der Waals surface area contributed by atoms with E-state index in [0.29, 0.717) is 6.54 Å². The summed E-state index contributed by atoms with van der Waals surface area (Å²) in [6, 6.07) is 14.8. The Labute approximate surface area is 179 Å². The van der Waals surface area contributed by atoms with Gasteiger partial charge in [0.05, 0.1) is 31.2 Å². The molecular formula is C21H23BrN2O4S. The Kier molecular flexibility index (Phi) is 5.68. The van der Waals surface area contributed by atoms with Crippen LogP contribution in [-0.4, -0.2) is 63.0 Å². The highest BCUT2D eigenvalue weighted by atomic mass is 79.9. The van der Waals surface area contributed by atoms with Crippen LogP contribution in [0.5, 0.6) is 5.75 Å². The number of carbonyl (C=O) groups excluding carboxylic acids is 1. The van der Waals surface area contributed by atoms with Crippen molar-refractivity contribution in [1.29, 1.82) is 0 Å². The van der Waals surface area contributed by atoms with Crippen LogP contribution < -0.4 is 9.64 Å². The third-order valence-corrected chi connectivity index (χ3v) is 7.88. The van der Waals surface area contributed by atoms with Gasteiger partial charge in [-0.3, -0.25) is 9.69 Å². The number of nitrogens with zero attached hydrogens (tertiary/aromatic N) is 2. The van der Waals surface area contributed by atoms with Crippen LogP contribution in [0.25, 0.3) is 0 Å². The van der Waals surface area contributed by atoms with Crippen LogP contribution in [0.2, 0.25) is 0 Å². The van der Waals surface area contributed by atoms with Crippen molar-refractivity contribution in [2.75, 3.05) is 36.6 Å². The van der Waals surface area contributed by atoms with Gasteiger partial charge in [-0.1, -0.05) is 28.1 Å². The van der Waals surface area contributed by atoms with Gasteiger partial charge < -0.3 is 9.64 Å². The molecule has 2 heterocycles. The molecule has 0 bridgehead atoms. The van der Waals surface area contributed by atoms with E-state index in [-0.39, 0.29) is 36.0 Å². The monoisotopic (exact) mass is 478 g/mol. The number of sulfone groups is 1. The number of rotatable bonds is 5. The maximum Gasteiger partial charge on any atom is 0.241 e. The first-order chi connectivity index (χ1) is 13.9. The van der Waals surface area contributed by atoms with Crippen LogP contribution in [0, 0.1) is 0 Å². The summed E-state index contributed by atoms with van der Waals surface area (Å²) < 4.78 is 31.0. The summed E-state index contributed by atoms with van der Waals surface area (Å²) in [6.07, 6.45) is 0.749. The van der Waals surface area contributed by atoms with Gasteiger partial charge in [0.15, 0.2) is 9.84 Å². The second-order valence-electron chi connectivity index (χ2n) is 7.52. The highest BCUT2D eigenvalue weighted by Gasteiger charge is 2.49. The number of piperazine rings is 1. The Morgan fingerprint density at radius 1 is 1.03 bits per heavy atom. The molecule has 154 valence electrons. The fraction of sp³-hybridized carbons (Fsp3) is 0.381. The molecule has 29 heavy (non-hydrogen) atoms. The zero-order valence-electron chi connectivity index (χ0n) is 16.1. The maximum absolute atomic E-state index is 13.0. The topological polar surface area (TPSA) is 66.9 Å². The van der Waals surface area contributed by atoms with Crippen LogP contribution in [0.15, 0.2) is 53.0 Å². The van der Waals surface area contributed by atoms with Gasteiger partial charge in [0, 0.05) is 22.7 Å². The summed E-state index contributed by atoms with van der Waals surface area (Å²) in [5.74, 6) is 0.855. The van der Waals surface area contributed by atoms with Crippen molar-refractivity contribution in [2.24, 2.45) is 0 Å². The zero-order valence-corrected chi connectivity index (χ0v) is 18.5. The lowest BCUT2D eigenvalue weighted by molar-refractivity contribution is -0.123. The fourth-order valence-electron chi connectivity index (χ4n) is 4.20. The Bertz CT molecular complexity index is 992. The van der Waals surface area contributed by atoms with Crippen molar-refractivity contribution in [1.82, 2.24) is 4.90 Å². The summed E-state index contributed by atoms with van der Waals surface area (Å²) in [4.78, 5) is 16.7. The van der Waals surface area contributed by atoms with E-state index in [9.17, 15) is 13.2 Å². The number of amides is 1. The summed E-state index contributed by atoms with van der Waals surface area (Å²) in [6.45, 7) is 0.867. The van der Waals surface area contributed by atoms with Crippen LogP contribution in [0.1, 0.15) is 5.56 Å². The lowest BCUT2D eigenvalue weighted by Crippen LogP contribution is -2.62. The molecule has 0 N–H and O–H groups in total. The van der Waals surface area contributed by atoms with Gasteiger partial charge in [-0.05, 0) is 48.4 Å². The molecule has 0 unspecified atom stereocenters. The number of anilines is 1. The molecule has 2 aliphatic rings. The minimum atomic E-state index is -3.19. The maximum atomic E-state index is 13.0. The van der Waals surface area contributed by atoms with Gasteiger partial charge in [-0.2, -0.15) is 0 Å². The van der Waals surface area contributed by atoms with E-state index in [1.165, 1.54) is 0 Å². The number of benzene rings is 2. The molecule has 2 aromatic rings. The van der Waals surface area contributed by atoms with Crippen molar-refractivity contribution in [3.05, 3.63) is 58.6 Å². The van der Waals surface area contributed by atoms with Gasteiger partial charge in [0.25, 0.3) is 0 Å². The normalized spacial score (nSPS) is 23.8. The first kappa shape index (κ1) is 20.4. The Balaban J connectivity index is 1.54. The molecule has 0 saturated carbocycles. The number of fused-ring (bicyclic) bond motifs is 1. The van der Waals surface area contributed by atoms with Crippen LogP contribution >= 0.6 is 15.9 Å². The molecule has 4 rings (SSSR count). The van der Waals surface area contributed by atoms with Crippen LogP contribution in [0.4, 0.5) is 5.69 Å². The second-order valence-corrected chi connectivity index (χ2v) is 10.6. The molecule has 2 saturated heterocycles. The number of halogens is 1. The van der Waals surface area contributed by atoms with Crippen molar-refractivity contribution in [3.63, 3.8) is 0 Å². The number of ether oxygens (including phenoxy) is 1. The van der Waals surface area contributed by atoms with Gasteiger partial charge in [0.2, 0.25) is 5.91 Å². The minimum Gasteiger partial charge on any atom is -0.497 e. The van der Waals surface area contributed by atoms with Crippen molar-refractivity contribution >= 4 is 37.4 Å². The smallest absolute Gasteiger partial charge is 0.241 e. The fourth-order valence-corrected chi connectivity index (χ4v) is 6.45. The number of methoxy groups -OCH3 is 1. The molecule has 2 atom stereocenters. The van der Waals surface area contributed by atoms with E-state index in [1.807, 2.05) is 53.4 Å². The summed E-state index contributed by atoms with van der Waals surface area (Å²) >= 11 is 3.40. The van der Waals surface area contributed by atoms with E-state index in [0.717, 1.165) is 27.9 Å². The molecule has 0 spiro atoms. The van der Waals surface area contributed by atoms with E-state index >= 15 is 0 Å². The predicted octanol–water partition coefficient (Wildman–Crippen LogP) is 2.51. The Morgan fingerprint density at radius 3 is 2.34 bits per heavy atom. The van der Waals surface area contributed by atoms with E-state index in [4.69, 9.17) is 4.74 Å². The molecule has 2 fully saturated rings. The first-order valence-electron chi connectivity index (χ1n) is 9.51. The molecule has 1 amide bonds. The first-order valence-corrected chi connectivity index (χ1v) is 12.1. The molecule has 0 aromatic heterocycles. The standard InChI is InChI=1S/C21H23BrN2O4S/c1-28-18-8-2-15(3-9-18)10-11-23-12-21(25)24(17-6-4-16(22)5-7-17)20-14-29(26,27)13-19(20)23/h2-9,19-20H,10-14H2,1H3/t19-,20+/m1/s1. The number of carbonyl (C=O) groups is 1. The summed E-state index contributed by atoms with van der Waals surface area (Å²) in [5.41, 5.74) is 1.88. The van der Waals surface area contributed by atoms with Crippen molar-refractivity contribution in [3.8, 4) is 5.75 Å². The van der Waals surface area contributed by atoms with Crippen LogP contribution in [-0.2, 0) is 21.1 Å². The molecule has 0 aliphatic carbocycles. The van der Waals surface area contributed by atoms with Gasteiger partial charge in [0.1, 0.15) is 5.75 Å². The third-order valence-electron chi connectivity index (χ3n) is 5.65. The SMILES string of the molecule is COc1ccc(CCN2CC(=O)N(c3ccc(Br)cc3)[C@H]3CS(=O)(=O)C[C@H]32)cc1. The predicted molar refractivity (Wildman–Crippen MR) is 116 cm³/mol. The largest absolute Gasteiger partial charge is 0.497 e. The molecule has 8 heteroatoms. The van der Waals surface area contributed by atoms with E-state index < -0.39 is 9.84 Å². The summed E-state index contributed by atoms with van der Waals surface area (Å²) in [7, 11) is -1.56. The minimum absolute atomic E-state index is 0.0124. The zero-order chi connectivity index (χ0) is 20.6. The van der Waals surface area contributed by atoms with E-state index in [1.54, 1.807) is 12.0 Å². The lowest BCUT2D eigenvalue weighted by Gasteiger charge is -2.43. The van der Waals surface area contributed by atoms with Crippen molar-refractivity contribution in [2.45, 2.75) is 18.5 Å². The highest BCUT2D eigenvalue weighted by molar-refractivity contribution is 9.10. The van der Waals surface area contributed by atoms with Gasteiger partial charge in [-0.15, -0.1) is 0 Å². The average Bonchev–Trinajstić information content (AvgIpc) is 3.02. The molecule has 2 aliphatic heterocycles. The highest BCUT2D eigenvalue weighted by Crippen LogP contribution is 2.32. The molecule has 6 nitrogen and oxygen atoms in total. The quantitative estimate of drug-likeness (QED) is 0.660. The van der Waals surface area contributed by atoms with Crippen molar-refractivity contribution < 1.29 is 17.9 Å². The van der Waals surface area contributed by atoms with Gasteiger partial charge >= 0.3 is 0 Å². The Hall–Kier alpha value is -1.90. The molecule has 2 aromatic carbocycles. The van der Waals surface area contributed by atoms with Crippen LogP contribution in [0.3, 0.4) is 0 Å². The molecule has 0 radical (unpaired) electrons. The lowest BCUT2D eigenvalue weighted by atomic mass is 10.0. The number of hydrogen-bond donors (Lipinski definition) is 0. The number of hydrogen-bond acceptors (Lipinski definition) is 5. The average molecular weight is 479 g/mol. The van der Waals surface area contributed by atoms with E-state index in [2.05, 4.69) is 15.9 Å². The second kappa shape index (κ2) is 8.08. The van der Waals surface area contributed by atoms with Gasteiger partial charge in [-0.25, -0.2) is 8.42 Å². The Morgan fingerprint density at radius 2 is 1.69 bits per heavy atom.